The summed E-state index contributed by atoms with van der Waals surface area (Å²) >= 11 is 1.64. The second-order valence-corrected chi connectivity index (χ2v) is 9.38. The molecular weight excluding hydrogens is 396 g/mol. The van der Waals surface area contributed by atoms with Crippen molar-refractivity contribution in [1.29, 1.82) is 0 Å². The van der Waals surface area contributed by atoms with Gasteiger partial charge in [-0.25, -0.2) is 8.42 Å². The van der Waals surface area contributed by atoms with E-state index in [0.29, 0.717) is 18.8 Å². The minimum atomic E-state index is -3.53. The van der Waals surface area contributed by atoms with E-state index < -0.39 is 10.0 Å². The second-order valence-electron chi connectivity index (χ2n) is 6.56. The van der Waals surface area contributed by atoms with E-state index in [1.54, 1.807) is 40.9 Å². The zero-order valence-corrected chi connectivity index (χ0v) is 17.6. The molecule has 0 N–H and O–H groups in total. The van der Waals surface area contributed by atoms with Crippen molar-refractivity contribution in [2.75, 3.05) is 39.0 Å². The molecule has 0 spiro atoms. The minimum absolute atomic E-state index is 0.0523. The first-order valence-corrected chi connectivity index (χ1v) is 11.7. The predicted molar refractivity (Wildman–Crippen MR) is 110 cm³/mol. The summed E-state index contributed by atoms with van der Waals surface area (Å²) < 4.78 is 32.5. The number of sulfonamides is 1. The van der Waals surface area contributed by atoms with Gasteiger partial charge in [-0.2, -0.15) is 4.31 Å². The molecule has 1 amide bonds. The molecule has 0 unspecified atom stereocenters. The first-order valence-electron chi connectivity index (χ1n) is 9.01. The fourth-order valence-corrected chi connectivity index (χ4v) is 4.78. The number of ether oxygens (including phenoxy) is 1. The van der Waals surface area contributed by atoms with Crippen molar-refractivity contribution in [2.24, 2.45) is 0 Å². The lowest BCUT2D eigenvalue weighted by atomic mass is 10.2. The topological polar surface area (TPSA) is 66.9 Å². The molecule has 1 aliphatic rings. The molecule has 0 atom stereocenters. The number of benzene rings is 2. The zero-order chi connectivity index (χ0) is 20.1. The Bertz CT molecular complexity index is 904. The molecule has 2 aromatic rings. The Morgan fingerprint density at radius 1 is 1.00 bits per heavy atom. The van der Waals surface area contributed by atoms with E-state index in [-0.39, 0.29) is 30.5 Å². The van der Waals surface area contributed by atoms with Gasteiger partial charge in [0.25, 0.3) is 5.91 Å². The van der Waals surface area contributed by atoms with E-state index in [1.165, 1.54) is 4.31 Å². The van der Waals surface area contributed by atoms with Gasteiger partial charge in [-0.15, -0.1) is 11.8 Å². The van der Waals surface area contributed by atoms with Gasteiger partial charge >= 0.3 is 0 Å². The SMILES string of the molecule is CSc1ccc(OCC(=O)N2CCN(S(=O)(=O)c3ccc(C)cc3)CC2)cc1. The molecule has 0 bridgehead atoms. The number of aryl methyl sites for hydroxylation is 1. The Balaban J connectivity index is 1.52. The monoisotopic (exact) mass is 420 g/mol. The van der Waals surface area contributed by atoms with Crippen LogP contribution >= 0.6 is 11.8 Å². The third kappa shape index (κ3) is 4.87. The smallest absolute Gasteiger partial charge is 0.260 e. The summed E-state index contributed by atoms with van der Waals surface area (Å²) in [5, 5.41) is 0. The summed E-state index contributed by atoms with van der Waals surface area (Å²) in [4.78, 5) is 15.5. The first kappa shape index (κ1) is 20.7. The zero-order valence-electron chi connectivity index (χ0n) is 16.0. The fraction of sp³-hybridized carbons (Fsp3) is 0.350. The highest BCUT2D eigenvalue weighted by Crippen LogP contribution is 2.20. The van der Waals surface area contributed by atoms with E-state index in [0.717, 1.165) is 10.5 Å². The Morgan fingerprint density at radius 3 is 2.18 bits per heavy atom. The molecule has 0 saturated carbocycles. The number of piperazine rings is 1. The Hall–Kier alpha value is -2.03. The van der Waals surface area contributed by atoms with E-state index in [4.69, 9.17) is 4.74 Å². The fourth-order valence-electron chi connectivity index (χ4n) is 2.95. The number of nitrogens with zero attached hydrogens (tertiary/aromatic N) is 2. The summed E-state index contributed by atoms with van der Waals surface area (Å²) in [5.74, 6) is 0.507. The molecule has 1 fully saturated rings. The minimum Gasteiger partial charge on any atom is -0.484 e. The number of carbonyl (C=O) groups is 1. The number of rotatable bonds is 6. The van der Waals surface area contributed by atoms with Crippen molar-refractivity contribution in [2.45, 2.75) is 16.7 Å². The Morgan fingerprint density at radius 2 is 1.61 bits per heavy atom. The van der Waals surface area contributed by atoms with Crippen LogP contribution in [0.3, 0.4) is 0 Å². The standard InChI is InChI=1S/C20H24N2O4S2/c1-16-3-9-19(10-4-16)28(24,25)22-13-11-21(12-14-22)20(23)15-26-17-5-7-18(27-2)8-6-17/h3-10H,11-15H2,1-2H3. The number of amides is 1. The number of carbonyl (C=O) groups excluding carboxylic acids is 1. The van der Waals surface area contributed by atoms with Gasteiger partial charge in [0.05, 0.1) is 4.90 Å². The highest BCUT2D eigenvalue weighted by atomic mass is 32.2. The molecule has 0 radical (unpaired) electrons. The molecule has 2 aromatic carbocycles. The summed E-state index contributed by atoms with van der Waals surface area (Å²) in [5.41, 5.74) is 1.01. The van der Waals surface area contributed by atoms with Crippen LogP contribution in [0.2, 0.25) is 0 Å². The first-order chi connectivity index (χ1) is 13.4. The number of hydrogen-bond acceptors (Lipinski definition) is 5. The lowest BCUT2D eigenvalue weighted by molar-refractivity contribution is -0.134. The van der Waals surface area contributed by atoms with Gasteiger partial charge in [-0.05, 0) is 49.6 Å². The van der Waals surface area contributed by atoms with Gasteiger partial charge < -0.3 is 9.64 Å². The van der Waals surface area contributed by atoms with Gasteiger partial charge in [0.2, 0.25) is 10.0 Å². The van der Waals surface area contributed by atoms with Gasteiger partial charge in [0, 0.05) is 31.1 Å². The molecule has 8 heteroatoms. The van der Waals surface area contributed by atoms with Crippen LogP contribution in [0.25, 0.3) is 0 Å². The van der Waals surface area contributed by atoms with Crippen LogP contribution in [0.15, 0.2) is 58.3 Å². The van der Waals surface area contributed by atoms with E-state index in [1.807, 2.05) is 37.4 Å². The molecule has 0 aliphatic carbocycles. The molecule has 28 heavy (non-hydrogen) atoms. The van der Waals surface area contributed by atoms with Gasteiger partial charge in [-0.3, -0.25) is 4.79 Å². The van der Waals surface area contributed by atoms with Crippen molar-refractivity contribution in [3.05, 3.63) is 54.1 Å². The van der Waals surface area contributed by atoms with Crippen LogP contribution in [-0.4, -0.2) is 62.6 Å². The Labute approximate surface area is 170 Å². The summed E-state index contributed by atoms with van der Waals surface area (Å²) in [6.07, 6.45) is 2.00. The summed E-state index contributed by atoms with van der Waals surface area (Å²) in [6, 6.07) is 14.4. The van der Waals surface area contributed by atoms with Gasteiger partial charge in [0.15, 0.2) is 6.61 Å². The third-order valence-corrected chi connectivity index (χ3v) is 7.33. The molecule has 0 aromatic heterocycles. The normalized spacial score (nSPS) is 15.4. The maximum Gasteiger partial charge on any atom is 0.260 e. The van der Waals surface area contributed by atoms with Crippen molar-refractivity contribution < 1.29 is 17.9 Å². The van der Waals surface area contributed by atoms with E-state index in [2.05, 4.69) is 0 Å². The summed E-state index contributed by atoms with van der Waals surface area (Å²) in [6.45, 7) is 3.15. The van der Waals surface area contributed by atoms with E-state index in [9.17, 15) is 13.2 Å². The van der Waals surface area contributed by atoms with Crippen LogP contribution < -0.4 is 4.74 Å². The average Bonchev–Trinajstić information content (AvgIpc) is 2.73. The molecule has 150 valence electrons. The highest BCUT2D eigenvalue weighted by molar-refractivity contribution is 7.98. The van der Waals surface area contributed by atoms with Crippen molar-refractivity contribution in [1.82, 2.24) is 9.21 Å². The average molecular weight is 421 g/mol. The maximum atomic E-state index is 12.7. The predicted octanol–water partition coefficient (Wildman–Crippen LogP) is 2.63. The van der Waals surface area contributed by atoms with Gasteiger partial charge in [-0.1, -0.05) is 17.7 Å². The van der Waals surface area contributed by atoms with Crippen LogP contribution in [0, 0.1) is 6.92 Å². The van der Waals surface area contributed by atoms with Crippen molar-refractivity contribution in [3.63, 3.8) is 0 Å². The molecule has 6 nitrogen and oxygen atoms in total. The Kier molecular flexibility index (Phi) is 6.64. The quantitative estimate of drug-likeness (QED) is 0.672. The molecular formula is C20H24N2O4S2. The second kappa shape index (κ2) is 8.98. The van der Waals surface area contributed by atoms with Crippen LogP contribution in [0.4, 0.5) is 0 Å². The largest absolute Gasteiger partial charge is 0.484 e. The van der Waals surface area contributed by atoms with E-state index >= 15 is 0 Å². The lowest BCUT2D eigenvalue weighted by Gasteiger charge is -2.34. The van der Waals surface area contributed by atoms with Crippen LogP contribution in [0.1, 0.15) is 5.56 Å². The third-order valence-electron chi connectivity index (χ3n) is 4.67. The number of thioether (sulfide) groups is 1. The number of hydrogen-bond donors (Lipinski definition) is 0. The maximum absolute atomic E-state index is 12.7. The molecule has 1 saturated heterocycles. The highest BCUT2D eigenvalue weighted by Gasteiger charge is 2.30. The van der Waals surface area contributed by atoms with Crippen molar-refractivity contribution >= 4 is 27.7 Å². The molecule has 1 heterocycles. The summed E-state index contributed by atoms with van der Waals surface area (Å²) in [7, 11) is -3.53. The molecule has 3 rings (SSSR count). The molecule has 1 aliphatic heterocycles. The van der Waals surface area contributed by atoms with Crippen molar-refractivity contribution in [3.8, 4) is 5.75 Å². The van der Waals surface area contributed by atoms with Gasteiger partial charge in [0.1, 0.15) is 5.75 Å². The lowest BCUT2D eigenvalue weighted by Crippen LogP contribution is -2.51. The van der Waals surface area contributed by atoms with Crippen LogP contribution in [0.5, 0.6) is 5.75 Å². The van der Waals surface area contributed by atoms with Crippen LogP contribution in [-0.2, 0) is 14.8 Å².